The van der Waals surface area contributed by atoms with E-state index in [1.54, 1.807) is 0 Å². The second-order valence-corrected chi connectivity index (χ2v) is 3.91. The fourth-order valence-electron chi connectivity index (χ4n) is 0.618. The fraction of sp³-hybridized carbons (Fsp3) is 0. The van der Waals surface area contributed by atoms with Gasteiger partial charge in [0.25, 0.3) is 10.1 Å². The number of rotatable bonds is 1. The molecule has 0 bridgehead atoms. The van der Waals surface area contributed by atoms with Gasteiger partial charge in [0, 0.05) is 24.4 Å². The zero-order valence-electron chi connectivity index (χ0n) is 6.14. The summed E-state index contributed by atoms with van der Waals surface area (Å²) in [5.74, 6) is 0. The van der Waals surface area contributed by atoms with Crippen molar-refractivity contribution in [1.82, 2.24) is 0 Å². The maximum atomic E-state index is 10.5. The molecule has 0 aliphatic carbocycles. The SMILES string of the molecule is O=S(=O)(O)c1ccc(S)cc1.[Zn]. The first-order valence-corrected chi connectivity index (χ1v) is 4.65. The molecule has 3 nitrogen and oxygen atoms in total. The summed E-state index contributed by atoms with van der Waals surface area (Å²) < 4.78 is 29.5. The van der Waals surface area contributed by atoms with E-state index in [0.717, 1.165) is 0 Å². The van der Waals surface area contributed by atoms with Crippen molar-refractivity contribution in [3.63, 3.8) is 0 Å². The van der Waals surface area contributed by atoms with Gasteiger partial charge in [-0.25, -0.2) is 0 Å². The molecule has 0 aliphatic rings. The molecule has 1 aromatic carbocycles. The van der Waals surface area contributed by atoms with Crippen LogP contribution in [-0.4, -0.2) is 13.0 Å². The molecule has 0 amide bonds. The molecule has 0 unspecified atom stereocenters. The van der Waals surface area contributed by atoms with Gasteiger partial charge in [-0.2, -0.15) is 8.42 Å². The van der Waals surface area contributed by atoms with E-state index in [1.807, 2.05) is 0 Å². The maximum Gasteiger partial charge on any atom is 0.294 e. The molecule has 62 valence electrons. The van der Waals surface area contributed by atoms with Crippen LogP contribution in [0.2, 0.25) is 0 Å². The van der Waals surface area contributed by atoms with Crippen LogP contribution in [0.4, 0.5) is 0 Å². The summed E-state index contributed by atoms with van der Waals surface area (Å²) in [6, 6.07) is 5.56. The Labute approximate surface area is 89.1 Å². The third-order valence-electron chi connectivity index (χ3n) is 1.13. The second-order valence-electron chi connectivity index (χ2n) is 1.97. The Kier molecular flexibility index (Phi) is 4.41. The monoisotopic (exact) mass is 254 g/mol. The molecule has 0 saturated heterocycles. The van der Waals surface area contributed by atoms with Crippen LogP contribution in [0.5, 0.6) is 0 Å². The Morgan fingerprint density at radius 1 is 1.17 bits per heavy atom. The van der Waals surface area contributed by atoms with Crippen LogP contribution in [-0.2, 0) is 29.6 Å². The summed E-state index contributed by atoms with van der Waals surface area (Å²) in [5.41, 5.74) is 0. The van der Waals surface area contributed by atoms with E-state index in [9.17, 15) is 8.42 Å². The number of benzene rings is 1. The van der Waals surface area contributed by atoms with Crippen molar-refractivity contribution >= 4 is 22.7 Å². The molecule has 0 radical (unpaired) electrons. The molecule has 1 rings (SSSR count). The van der Waals surface area contributed by atoms with E-state index in [0.29, 0.717) is 4.90 Å². The molecule has 0 fully saturated rings. The van der Waals surface area contributed by atoms with Gasteiger partial charge in [0.1, 0.15) is 0 Å². The van der Waals surface area contributed by atoms with Crippen LogP contribution in [0.1, 0.15) is 0 Å². The average molecular weight is 256 g/mol. The summed E-state index contributed by atoms with van der Waals surface area (Å²) in [6.07, 6.45) is 0. The molecule has 0 aliphatic heterocycles. The Bertz CT molecular complexity index is 344. The fourth-order valence-corrected chi connectivity index (χ4v) is 1.25. The standard InChI is InChI=1S/C6H6O3S2.Zn/c7-11(8,9)6-3-1-5(10)2-4-6;/h1-4,10H,(H,7,8,9);. The third-order valence-corrected chi connectivity index (χ3v) is 2.30. The van der Waals surface area contributed by atoms with Crippen LogP contribution < -0.4 is 0 Å². The van der Waals surface area contributed by atoms with Gasteiger partial charge in [0.05, 0.1) is 4.90 Å². The summed E-state index contributed by atoms with van der Waals surface area (Å²) in [5, 5.41) is 0. The van der Waals surface area contributed by atoms with Crippen molar-refractivity contribution in [1.29, 1.82) is 0 Å². The minimum Gasteiger partial charge on any atom is -0.282 e. The van der Waals surface area contributed by atoms with Gasteiger partial charge in [-0.3, -0.25) is 4.55 Å². The summed E-state index contributed by atoms with van der Waals surface area (Å²) in [6.45, 7) is 0. The molecule has 1 aromatic rings. The minimum absolute atomic E-state index is 0. The van der Waals surface area contributed by atoms with Crippen molar-refractivity contribution in [2.75, 3.05) is 0 Å². The number of hydrogen-bond acceptors (Lipinski definition) is 3. The summed E-state index contributed by atoms with van der Waals surface area (Å²) >= 11 is 3.95. The van der Waals surface area contributed by atoms with Crippen molar-refractivity contribution < 1.29 is 32.4 Å². The molecule has 0 spiro atoms. The van der Waals surface area contributed by atoms with Gasteiger partial charge >= 0.3 is 0 Å². The zero-order valence-corrected chi connectivity index (χ0v) is 10.8. The van der Waals surface area contributed by atoms with Crippen molar-refractivity contribution in [3.8, 4) is 0 Å². The predicted octanol–water partition coefficient (Wildman–Crippen LogP) is 1.22. The number of hydrogen-bond donors (Lipinski definition) is 2. The molecular weight excluding hydrogens is 250 g/mol. The molecule has 6 heteroatoms. The molecular formula is C6H6O3S2Zn. The van der Waals surface area contributed by atoms with E-state index < -0.39 is 10.1 Å². The summed E-state index contributed by atoms with van der Waals surface area (Å²) in [4.78, 5) is 0.535. The molecule has 0 aromatic heterocycles. The Morgan fingerprint density at radius 2 is 1.58 bits per heavy atom. The van der Waals surface area contributed by atoms with Crippen LogP contribution >= 0.6 is 12.6 Å². The second kappa shape index (κ2) is 4.37. The topological polar surface area (TPSA) is 54.4 Å². The van der Waals surface area contributed by atoms with Crippen LogP contribution in [0.25, 0.3) is 0 Å². The summed E-state index contributed by atoms with van der Waals surface area (Å²) in [7, 11) is -4.05. The van der Waals surface area contributed by atoms with Crippen molar-refractivity contribution in [2.24, 2.45) is 0 Å². The predicted molar refractivity (Wildman–Crippen MR) is 43.5 cm³/mol. The first-order valence-electron chi connectivity index (χ1n) is 2.77. The Morgan fingerprint density at radius 3 is 1.92 bits per heavy atom. The normalized spacial score (nSPS) is 10.5. The first-order chi connectivity index (χ1) is 5.00. The van der Waals surface area contributed by atoms with Gasteiger partial charge in [0.2, 0.25) is 0 Å². The van der Waals surface area contributed by atoms with E-state index in [-0.39, 0.29) is 24.4 Å². The maximum absolute atomic E-state index is 10.5. The van der Waals surface area contributed by atoms with Crippen LogP contribution in [0.15, 0.2) is 34.1 Å². The largest absolute Gasteiger partial charge is 0.294 e. The molecule has 1 N–H and O–H groups in total. The first kappa shape index (κ1) is 12.1. The average Bonchev–Trinajstić information content (AvgIpc) is 1.86. The molecule has 0 heterocycles. The number of thiol groups is 1. The van der Waals surface area contributed by atoms with E-state index in [2.05, 4.69) is 12.6 Å². The molecule has 0 saturated carbocycles. The quantitative estimate of drug-likeness (QED) is 0.451. The Balaban J connectivity index is 0.00000121. The zero-order chi connectivity index (χ0) is 8.48. The van der Waals surface area contributed by atoms with Crippen LogP contribution in [0.3, 0.4) is 0 Å². The van der Waals surface area contributed by atoms with Gasteiger partial charge < -0.3 is 0 Å². The van der Waals surface area contributed by atoms with Crippen molar-refractivity contribution in [3.05, 3.63) is 24.3 Å². The van der Waals surface area contributed by atoms with Gasteiger partial charge in [-0.15, -0.1) is 12.6 Å². The van der Waals surface area contributed by atoms with E-state index >= 15 is 0 Å². The van der Waals surface area contributed by atoms with E-state index in [1.165, 1.54) is 24.3 Å². The van der Waals surface area contributed by atoms with Gasteiger partial charge in [0.15, 0.2) is 0 Å². The minimum atomic E-state index is -4.05. The third kappa shape index (κ3) is 3.23. The smallest absolute Gasteiger partial charge is 0.282 e. The molecule has 12 heavy (non-hydrogen) atoms. The Hall–Kier alpha value is 0.103. The van der Waals surface area contributed by atoms with Crippen LogP contribution in [0, 0.1) is 0 Å². The van der Waals surface area contributed by atoms with Gasteiger partial charge in [-0.1, -0.05) is 0 Å². The van der Waals surface area contributed by atoms with Gasteiger partial charge in [-0.05, 0) is 24.3 Å². The van der Waals surface area contributed by atoms with E-state index in [4.69, 9.17) is 4.55 Å². The molecule has 0 atom stereocenters. The van der Waals surface area contributed by atoms with Crippen molar-refractivity contribution in [2.45, 2.75) is 9.79 Å².